The quantitative estimate of drug-likeness (QED) is 0.881. The summed E-state index contributed by atoms with van der Waals surface area (Å²) in [4.78, 5) is 0. The first kappa shape index (κ1) is 13.6. The zero-order chi connectivity index (χ0) is 14.0. The molecule has 0 unspecified atom stereocenters. The summed E-state index contributed by atoms with van der Waals surface area (Å²) in [5.41, 5.74) is 7.37. The largest absolute Gasteiger partial charge is 0.318 e. The molecule has 0 aliphatic rings. The van der Waals surface area contributed by atoms with Crippen molar-refractivity contribution in [1.29, 1.82) is 0 Å². The maximum atomic E-state index is 4.16. The van der Waals surface area contributed by atoms with Crippen LogP contribution in [0.1, 0.15) is 22.5 Å². The maximum Gasteiger partial charge on any atom is 0.0455 e. The molecule has 0 fully saturated rings. The van der Waals surface area contributed by atoms with Gasteiger partial charge in [-0.15, -0.1) is 0 Å². The van der Waals surface area contributed by atoms with Crippen LogP contribution in [0.15, 0.2) is 36.9 Å². The van der Waals surface area contributed by atoms with Gasteiger partial charge in [0.1, 0.15) is 0 Å². The number of aromatic nitrogens is 1. The Morgan fingerprint density at radius 1 is 1.16 bits per heavy atom. The molecule has 1 N–H and O–H groups in total. The lowest BCUT2D eigenvalue weighted by Gasteiger charge is -2.11. The van der Waals surface area contributed by atoms with Crippen molar-refractivity contribution in [3.05, 3.63) is 59.4 Å². The van der Waals surface area contributed by atoms with Crippen LogP contribution in [0.3, 0.4) is 0 Å². The van der Waals surface area contributed by atoms with Crippen molar-refractivity contribution in [1.82, 2.24) is 9.88 Å². The monoisotopic (exact) mass is 254 g/mol. The number of likely N-dealkylation sites (N-methyl/N-ethyl adjacent to an activating group) is 1. The van der Waals surface area contributed by atoms with Crippen molar-refractivity contribution in [2.75, 3.05) is 13.6 Å². The minimum atomic E-state index is 0.818. The SMILES string of the molecule is C=C(CNC)c1cc(C)n(-c2ccc(C)cc2)c1C. The van der Waals surface area contributed by atoms with Crippen molar-refractivity contribution >= 4 is 5.57 Å². The van der Waals surface area contributed by atoms with Crippen molar-refractivity contribution in [3.63, 3.8) is 0 Å². The van der Waals surface area contributed by atoms with Gasteiger partial charge in [0, 0.05) is 23.6 Å². The van der Waals surface area contributed by atoms with Gasteiger partial charge in [-0.05, 0) is 57.2 Å². The van der Waals surface area contributed by atoms with Crippen LogP contribution >= 0.6 is 0 Å². The van der Waals surface area contributed by atoms with Gasteiger partial charge in [-0.2, -0.15) is 0 Å². The van der Waals surface area contributed by atoms with E-state index >= 15 is 0 Å². The van der Waals surface area contributed by atoms with Crippen LogP contribution in [0.25, 0.3) is 11.3 Å². The van der Waals surface area contributed by atoms with Crippen LogP contribution in [0, 0.1) is 20.8 Å². The predicted octanol–water partition coefficient (Wildman–Crippen LogP) is 3.64. The summed E-state index contributed by atoms with van der Waals surface area (Å²) in [6.07, 6.45) is 0. The molecule has 0 saturated heterocycles. The number of nitrogens with one attached hydrogen (secondary N) is 1. The van der Waals surface area contributed by atoms with Gasteiger partial charge in [0.05, 0.1) is 0 Å². The molecule has 2 heteroatoms. The van der Waals surface area contributed by atoms with Gasteiger partial charge in [0.15, 0.2) is 0 Å². The van der Waals surface area contributed by atoms with E-state index in [1.165, 1.54) is 28.2 Å². The van der Waals surface area contributed by atoms with Crippen LogP contribution < -0.4 is 5.32 Å². The van der Waals surface area contributed by atoms with E-state index in [0.29, 0.717) is 0 Å². The fourth-order valence-corrected chi connectivity index (χ4v) is 2.52. The van der Waals surface area contributed by atoms with Crippen LogP contribution in [0.5, 0.6) is 0 Å². The zero-order valence-corrected chi connectivity index (χ0v) is 12.2. The van der Waals surface area contributed by atoms with Gasteiger partial charge in [-0.25, -0.2) is 0 Å². The average molecular weight is 254 g/mol. The molecule has 1 aromatic carbocycles. The van der Waals surface area contributed by atoms with E-state index in [-0.39, 0.29) is 0 Å². The highest BCUT2D eigenvalue weighted by Crippen LogP contribution is 2.25. The molecule has 2 aromatic rings. The third kappa shape index (κ3) is 2.64. The van der Waals surface area contributed by atoms with Crippen LogP contribution in [0.2, 0.25) is 0 Å². The fourth-order valence-electron chi connectivity index (χ4n) is 2.52. The summed E-state index contributed by atoms with van der Waals surface area (Å²) in [6.45, 7) is 11.4. The van der Waals surface area contributed by atoms with E-state index in [4.69, 9.17) is 0 Å². The Kier molecular flexibility index (Phi) is 3.91. The van der Waals surface area contributed by atoms with Crippen molar-refractivity contribution in [2.45, 2.75) is 20.8 Å². The molecule has 0 spiro atoms. The molecule has 0 atom stereocenters. The lowest BCUT2D eigenvalue weighted by molar-refractivity contribution is 0.926. The molecule has 0 aliphatic heterocycles. The Morgan fingerprint density at radius 3 is 2.37 bits per heavy atom. The Morgan fingerprint density at radius 2 is 1.79 bits per heavy atom. The molecule has 0 saturated carbocycles. The van der Waals surface area contributed by atoms with E-state index < -0.39 is 0 Å². The van der Waals surface area contributed by atoms with Crippen molar-refractivity contribution in [3.8, 4) is 5.69 Å². The smallest absolute Gasteiger partial charge is 0.0455 e. The molecule has 2 nitrogen and oxygen atoms in total. The average Bonchev–Trinajstić information content (AvgIpc) is 2.67. The van der Waals surface area contributed by atoms with Gasteiger partial charge >= 0.3 is 0 Å². The normalized spacial score (nSPS) is 10.7. The molecular formula is C17H22N2. The third-order valence-electron chi connectivity index (χ3n) is 3.49. The predicted molar refractivity (Wildman–Crippen MR) is 82.9 cm³/mol. The number of hydrogen-bond acceptors (Lipinski definition) is 1. The second-order valence-electron chi connectivity index (χ2n) is 5.09. The van der Waals surface area contributed by atoms with E-state index in [2.05, 4.69) is 67.6 Å². The summed E-state index contributed by atoms with van der Waals surface area (Å²) in [7, 11) is 1.95. The first-order valence-corrected chi connectivity index (χ1v) is 6.63. The highest BCUT2D eigenvalue weighted by atomic mass is 15.0. The molecule has 2 rings (SSSR count). The van der Waals surface area contributed by atoms with Gasteiger partial charge in [-0.3, -0.25) is 0 Å². The number of rotatable bonds is 4. The van der Waals surface area contributed by atoms with Gasteiger partial charge in [-0.1, -0.05) is 24.3 Å². The molecule has 100 valence electrons. The van der Waals surface area contributed by atoms with Gasteiger partial charge in [0.25, 0.3) is 0 Å². The second-order valence-corrected chi connectivity index (χ2v) is 5.09. The van der Waals surface area contributed by atoms with Gasteiger partial charge in [0.2, 0.25) is 0 Å². The van der Waals surface area contributed by atoms with E-state index in [1.807, 2.05) is 7.05 Å². The number of hydrogen-bond donors (Lipinski definition) is 1. The Labute approximate surface area is 115 Å². The molecule has 19 heavy (non-hydrogen) atoms. The molecule has 0 radical (unpaired) electrons. The van der Waals surface area contributed by atoms with E-state index in [9.17, 15) is 0 Å². The van der Waals surface area contributed by atoms with E-state index in [1.54, 1.807) is 0 Å². The molecule has 0 aliphatic carbocycles. The standard InChI is InChI=1S/C17H22N2/c1-12-6-8-16(9-7-12)19-14(3)10-17(15(19)4)13(2)11-18-5/h6-10,18H,2,11H2,1,3-5H3. The summed E-state index contributed by atoms with van der Waals surface area (Å²) >= 11 is 0. The topological polar surface area (TPSA) is 17.0 Å². The summed E-state index contributed by atoms with van der Waals surface area (Å²) in [5.74, 6) is 0. The lowest BCUT2D eigenvalue weighted by Crippen LogP contribution is -2.09. The summed E-state index contributed by atoms with van der Waals surface area (Å²) in [5, 5.41) is 3.16. The van der Waals surface area contributed by atoms with Crippen LogP contribution in [-0.2, 0) is 0 Å². The highest BCUT2D eigenvalue weighted by Gasteiger charge is 2.12. The molecular weight excluding hydrogens is 232 g/mol. The number of benzene rings is 1. The maximum absolute atomic E-state index is 4.16. The number of nitrogens with zero attached hydrogens (tertiary/aromatic N) is 1. The minimum Gasteiger partial charge on any atom is -0.318 e. The highest BCUT2D eigenvalue weighted by molar-refractivity contribution is 5.68. The first-order valence-electron chi connectivity index (χ1n) is 6.63. The Balaban J connectivity index is 2.47. The summed E-state index contributed by atoms with van der Waals surface area (Å²) in [6, 6.07) is 10.8. The molecule has 1 heterocycles. The van der Waals surface area contributed by atoms with E-state index in [0.717, 1.165) is 12.1 Å². The molecule has 0 bridgehead atoms. The fraction of sp³-hybridized carbons (Fsp3) is 0.294. The summed E-state index contributed by atoms with van der Waals surface area (Å²) < 4.78 is 2.29. The number of aryl methyl sites for hydroxylation is 2. The van der Waals surface area contributed by atoms with Crippen molar-refractivity contribution < 1.29 is 0 Å². The van der Waals surface area contributed by atoms with Gasteiger partial charge < -0.3 is 9.88 Å². The minimum absolute atomic E-state index is 0.818. The first-order chi connectivity index (χ1) is 9.04. The molecule has 0 amide bonds. The third-order valence-corrected chi connectivity index (χ3v) is 3.49. The van der Waals surface area contributed by atoms with Crippen LogP contribution in [-0.4, -0.2) is 18.2 Å². The Hall–Kier alpha value is -1.80. The zero-order valence-electron chi connectivity index (χ0n) is 12.2. The Bertz CT molecular complexity index is 588. The second kappa shape index (κ2) is 5.45. The molecule has 1 aromatic heterocycles. The van der Waals surface area contributed by atoms with Crippen molar-refractivity contribution in [2.24, 2.45) is 0 Å². The lowest BCUT2D eigenvalue weighted by atomic mass is 10.1. The van der Waals surface area contributed by atoms with Crippen LogP contribution in [0.4, 0.5) is 0 Å².